The van der Waals surface area contributed by atoms with Crippen LogP contribution in [-0.4, -0.2) is 38.6 Å². The molecule has 0 spiro atoms. The molecule has 0 saturated heterocycles. The van der Waals surface area contributed by atoms with Crippen molar-refractivity contribution in [3.05, 3.63) is 47.7 Å². The van der Waals surface area contributed by atoms with Crippen molar-refractivity contribution in [2.45, 2.75) is 5.16 Å². The Hall–Kier alpha value is -2.78. The number of nitrogens with zero attached hydrogens (tertiary/aromatic N) is 4. The van der Waals surface area contributed by atoms with Gasteiger partial charge in [-0.25, -0.2) is 4.68 Å². The number of anilines is 1. The number of pyridine rings is 1. The number of thioether (sulfide) groups is 1. The Labute approximate surface area is 158 Å². The maximum atomic E-state index is 12.1. The third-order valence-corrected chi connectivity index (χ3v) is 4.59. The summed E-state index contributed by atoms with van der Waals surface area (Å²) < 4.78 is 6.41. The number of hydrogen-bond donors (Lipinski definition) is 2. The molecule has 0 aliphatic carbocycles. The van der Waals surface area contributed by atoms with Gasteiger partial charge < -0.3 is 15.9 Å². The average Bonchev–Trinajstić information content (AvgIpc) is 3.01. The molecule has 2 heterocycles. The van der Waals surface area contributed by atoms with Crippen molar-refractivity contribution in [2.24, 2.45) is 0 Å². The normalized spacial score (nSPS) is 10.5. The van der Waals surface area contributed by atoms with Crippen LogP contribution in [0.25, 0.3) is 11.4 Å². The molecule has 3 N–H and O–H groups in total. The first-order chi connectivity index (χ1) is 12.6. The third kappa shape index (κ3) is 4.06. The first-order valence-electron chi connectivity index (χ1n) is 7.45. The van der Waals surface area contributed by atoms with E-state index < -0.39 is 0 Å². The summed E-state index contributed by atoms with van der Waals surface area (Å²) in [5, 5.41) is 11.7. The molecule has 0 saturated carbocycles. The number of amides is 1. The predicted molar refractivity (Wildman–Crippen MR) is 101 cm³/mol. The van der Waals surface area contributed by atoms with Crippen molar-refractivity contribution >= 4 is 35.0 Å². The number of nitrogens with two attached hydrogens (primary N) is 1. The number of carbonyl (C=O) groups excluding carboxylic acids is 1. The number of benzene rings is 1. The second-order valence-electron chi connectivity index (χ2n) is 5.10. The second-order valence-corrected chi connectivity index (χ2v) is 6.45. The maximum Gasteiger partial charge on any atom is 0.234 e. The van der Waals surface area contributed by atoms with Gasteiger partial charge in [-0.05, 0) is 30.3 Å². The molecule has 0 radical (unpaired) electrons. The summed E-state index contributed by atoms with van der Waals surface area (Å²) in [6.45, 7) is 0. The first-order valence-corrected chi connectivity index (χ1v) is 8.82. The molecule has 10 heteroatoms. The molecular formula is C16H15ClN6O2S. The number of halogens is 1. The maximum absolute atomic E-state index is 12.1. The van der Waals surface area contributed by atoms with Crippen LogP contribution in [0.3, 0.4) is 0 Å². The number of methoxy groups -OCH3 is 1. The minimum absolute atomic E-state index is 0.117. The lowest BCUT2D eigenvalue weighted by molar-refractivity contribution is -0.113. The Morgan fingerprint density at radius 2 is 2.23 bits per heavy atom. The summed E-state index contributed by atoms with van der Waals surface area (Å²) in [6.07, 6.45) is 3.30. The molecule has 0 aliphatic rings. The highest BCUT2D eigenvalue weighted by atomic mass is 35.5. The van der Waals surface area contributed by atoms with Gasteiger partial charge in [-0.1, -0.05) is 23.4 Å². The van der Waals surface area contributed by atoms with E-state index in [-0.39, 0.29) is 11.7 Å². The van der Waals surface area contributed by atoms with E-state index >= 15 is 0 Å². The van der Waals surface area contributed by atoms with Crippen LogP contribution in [0.5, 0.6) is 5.75 Å². The van der Waals surface area contributed by atoms with Crippen molar-refractivity contribution in [3.63, 3.8) is 0 Å². The standard InChI is InChI=1S/C16H15ClN6O2S/c1-25-13-5-4-11(7-12(13)17)20-14(24)9-26-16-22-21-15(23(16)18)10-3-2-6-19-8-10/h2-8H,9,18H2,1H3,(H,20,24). The summed E-state index contributed by atoms with van der Waals surface area (Å²) in [6, 6.07) is 8.62. The fourth-order valence-corrected chi connectivity index (χ4v) is 3.05. The van der Waals surface area contributed by atoms with Gasteiger partial charge in [-0.2, -0.15) is 0 Å². The smallest absolute Gasteiger partial charge is 0.234 e. The van der Waals surface area contributed by atoms with Crippen LogP contribution in [-0.2, 0) is 4.79 Å². The minimum atomic E-state index is -0.220. The van der Waals surface area contributed by atoms with E-state index in [0.29, 0.717) is 27.4 Å². The number of nitrogens with one attached hydrogen (secondary N) is 1. The highest BCUT2D eigenvalue weighted by molar-refractivity contribution is 7.99. The molecule has 8 nitrogen and oxygen atoms in total. The number of carbonyl (C=O) groups is 1. The van der Waals surface area contributed by atoms with E-state index in [4.69, 9.17) is 22.2 Å². The molecule has 0 aliphatic heterocycles. The Kier molecular flexibility index (Phi) is 5.59. The van der Waals surface area contributed by atoms with Crippen LogP contribution in [0.1, 0.15) is 0 Å². The van der Waals surface area contributed by atoms with E-state index in [9.17, 15) is 4.79 Å². The number of nitrogen functional groups attached to an aromatic ring is 1. The van der Waals surface area contributed by atoms with Crippen molar-refractivity contribution in [2.75, 3.05) is 24.0 Å². The number of aromatic nitrogens is 4. The van der Waals surface area contributed by atoms with Crippen LogP contribution in [0, 0.1) is 0 Å². The zero-order valence-corrected chi connectivity index (χ0v) is 15.3. The van der Waals surface area contributed by atoms with Gasteiger partial charge in [0, 0.05) is 23.6 Å². The number of ether oxygens (including phenoxy) is 1. The second kappa shape index (κ2) is 8.07. The zero-order valence-electron chi connectivity index (χ0n) is 13.7. The Bertz CT molecular complexity index is 918. The molecule has 2 aromatic heterocycles. The topological polar surface area (TPSA) is 108 Å². The summed E-state index contributed by atoms with van der Waals surface area (Å²) in [5.74, 6) is 6.92. The van der Waals surface area contributed by atoms with Gasteiger partial charge in [-0.15, -0.1) is 10.2 Å². The molecule has 1 amide bonds. The van der Waals surface area contributed by atoms with Gasteiger partial charge in [0.15, 0.2) is 5.82 Å². The summed E-state index contributed by atoms with van der Waals surface area (Å²) >= 11 is 7.22. The molecule has 26 heavy (non-hydrogen) atoms. The minimum Gasteiger partial charge on any atom is -0.495 e. The van der Waals surface area contributed by atoms with E-state index in [1.807, 2.05) is 6.07 Å². The van der Waals surface area contributed by atoms with E-state index in [1.54, 1.807) is 36.7 Å². The van der Waals surface area contributed by atoms with Crippen molar-refractivity contribution in [1.29, 1.82) is 0 Å². The summed E-state index contributed by atoms with van der Waals surface area (Å²) in [5.41, 5.74) is 1.32. The fourth-order valence-electron chi connectivity index (χ4n) is 2.14. The molecule has 3 aromatic rings. The predicted octanol–water partition coefficient (Wildman–Crippen LogP) is 2.45. The monoisotopic (exact) mass is 390 g/mol. The van der Waals surface area contributed by atoms with Crippen LogP contribution in [0.4, 0.5) is 5.69 Å². The molecule has 0 bridgehead atoms. The lowest BCUT2D eigenvalue weighted by atomic mass is 10.3. The quantitative estimate of drug-likeness (QED) is 0.491. The van der Waals surface area contributed by atoms with Crippen LogP contribution < -0.4 is 15.9 Å². The van der Waals surface area contributed by atoms with Gasteiger partial charge in [0.2, 0.25) is 11.1 Å². The molecule has 0 atom stereocenters. The lowest BCUT2D eigenvalue weighted by Crippen LogP contribution is -2.16. The first kappa shape index (κ1) is 18.0. The summed E-state index contributed by atoms with van der Waals surface area (Å²) in [7, 11) is 1.53. The number of hydrogen-bond acceptors (Lipinski definition) is 7. The lowest BCUT2D eigenvalue weighted by Gasteiger charge is -2.08. The number of rotatable bonds is 6. The molecule has 0 fully saturated rings. The van der Waals surface area contributed by atoms with Gasteiger partial charge in [-0.3, -0.25) is 9.78 Å². The largest absolute Gasteiger partial charge is 0.495 e. The molecule has 3 rings (SSSR count). The Balaban J connectivity index is 1.62. The summed E-state index contributed by atoms with van der Waals surface area (Å²) in [4.78, 5) is 16.1. The van der Waals surface area contributed by atoms with Crippen LogP contribution >= 0.6 is 23.4 Å². The third-order valence-electron chi connectivity index (χ3n) is 3.35. The van der Waals surface area contributed by atoms with Crippen molar-refractivity contribution < 1.29 is 9.53 Å². The SMILES string of the molecule is COc1ccc(NC(=O)CSc2nnc(-c3cccnc3)n2N)cc1Cl. The van der Waals surface area contributed by atoms with E-state index in [2.05, 4.69) is 20.5 Å². The molecule has 1 aromatic carbocycles. The Morgan fingerprint density at radius 1 is 1.38 bits per heavy atom. The highest BCUT2D eigenvalue weighted by Crippen LogP contribution is 2.27. The fraction of sp³-hybridized carbons (Fsp3) is 0.125. The van der Waals surface area contributed by atoms with Crippen LogP contribution in [0.15, 0.2) is 47.9 Å². The van der Waals surface area contributed by atoms with Crippen molar-refractivity contribution in [3.8, 4) is 17.1 Å². The van der Waals surface area contributed by atoms with Gasteiger partial charge in [0.05, 0.1) is 17.9 Å². The van der Waals surface area contributed by atoms with E-state index in [0.717, 1.165) is 5.56 Å². The van der Waals surface area contributed by atoms with Crippen LogP contribution in [0.2, 0.25) is 5.02 Å². The van der Waals surface area contributed by atoms with E-state index in [1.165, 1.54) is 23.5 Å². The van der Waals surface area contributed by atoms with Gasteiger partial charge >= 0.3 is 0 Å². The van der Waals surface area contributed by atoms with Gasteiger partial charge in [0.25, 0.3) is 0 Å². The van der Waals surface area contributed by atoms with Crippen molar-refractivity contribution in [1.82, 2.24) is 19.9 Å². The average molecular weight is 391 g/mol. The Morgan fingerprint density at radius 3 is 2.92 bits per heavy atom. The zero-order chi connectivity index (χ0) is 18.5. The molecule has 134 valence electrons. The molecular weight excluding hydrogens is 376 g/mol. The van der Waals surface area contributed by atoms with Gasteiger partial charge in [0.1, 0.15) is 5.75 Å². The highest BCUT2D eigenvalue weighted by Gasteiger charge is 2.14. The molecule has 0 unspecified atom stereocenters.